The van der Waals surface area contributed by atoms with Gasteiger partial charge in [-0.05, 0) is 42.7 Å². The van der Waals surface area contributed by atoms with Crippen molar-refractivity contribution < 1.29 is 0 Å². The molecule has 27 heavy (non-hydrogen) atoms. The summed E-state index contributed by atoms with van der Waals surface area (Å²) in [6.45, 7) is 0. The largest absolute Gasteiger partial charge is 0.276 e. The van der Waals surface area contributed by atoms with Crippen molar-refractivity contribution in [2.45, 2.75) is 18.0 Å². The number of hydrogen-bond donors (Lipinski definition) is 0. The van der Waals surface area contributed by atoms with Crippen molar-refractivity contribution in [3.8, 4) is 17.1 Å². The van der Waals surface area contributed by atoms with Gasteiger partial charge in [-0.15, -0.1) is 10.2 Å². The third-order valence-corrected chi connectivity index (χ3v) is 5.20. The molecule has 0 atom stereocenters. The normalized spacial score (nSPS) is 11.0. The lowest BCUT2D eigenvalue weighted by molar-refractivity contribution is 0.766. The average molecular weight is 376 g/mol. The maximum Gasteiger partial charge on any atom is 0.196 e. The lowest BCUT2D eigenvalue weighted by Crippen LogP contribution is -2.00. The molecule has 0 saturated heterocycles. The van der Waals surface area contributed by atoms with E-state index in [1.54, 1.807) is 24.2 Å². The second-order valence-corrected chi connectivity index (χ2v) is 7.25. The first-order chi connectivity index (χ1) is 13.3. The highest BCUT2D eigenvalue weighted by molar-refractivity contribution is 7.99. The summed E-state index contributed by atoms with van der Waals surface area (Å²) >= 11 is 1.73. The second-order valence-electron chi connectivity index (χ2n) is 6.19. The molecule has 4 rings (SSSR count). The molecule has 0 fully saturated rings. The predicted octanol–water partition coefficient (Wildman–Crippen LogP) is 3.79. The Bertz CT molecular complexity index is 994. The summed E-state index contributed by atoms with van der Waals surface area (Å²) in [6, 6.07) is 14.1. The highest BCUT2D eigenvalue weighted by atomic mass is 32.2. The van der Waals surface area contributed by atoms with Crippen LogP contribution in [0.15, 0.2) is 72.4 Å². The van der Waals surface area contributed by atoms with Gasteiger partial charge in [0.15, 0.2) is 11.0 Å². The van der Waals surface area contributed by atoms with Gasteiger partial charge >= 0.3 is 0 Å². The molecule has 7 heteroatoms. The molecule has 0 bridgehead atoms. The van der Waals surface area contributed by atoms with Gasteiger partial charge in [-0.1, -0.05) is 30.0 Å². The zero-order chi connectivity index (χ0) is 18.5. The molecule has 1 aromatic carbocycles. The van der Waals surface area contributed by atoms with E-state index in [4.69, 9.17) is 0 Å². The molecule has 0 unspecified atom stereocenters. The molecule has 0 amide bonds. The summed E-state index contributed by atoms with van der Waals surface area (Å²) in [5, 5.41) is 14.0. The first-order valence-corrected chi connectivity index (χ1v) is 9.81. The van der Waals surface area contributed by atoms with E-state index in [0.717, 1.165) is 40.8 Å². The van der Waals surface area contributed by atoms with Crippen LogP contribution in [-0.2, 0) is 13.5 Å². The van der Waals surface area contributed by atoms with Gasteiger partial charge in [0.05, 0.1) is 6.20 Å². The Labute approximate surface area is 162 Å². The Morgan fingerprint density at radius 1 is 1.00 bits per heavy atom. The minimum Gasteiger partial charge on any atom is -0.276 e. The molecular weight excluding hydrogens is 356 g/mol. The van der Waals surface area contributed by atoms with Crippen molar-refractivity contribution in [3.05, 3.63) is 72.8 Å². The Kier molecular flexibility index (Phi) is 5.29. The standard InChI is InChI=1S/C20H20N6S/c1-25-15-16(14-22-25)6-5-13-27-20-24-23-19(17-9-11-21-12-10-17)26(20)18-7-3-2-4-8-18/h2-4,7-12,14-15H,5-6,13H2,1H3. The van der Waals surface area contributed by atoms with Gasteiger partial charge < -0.3 is 0 Å². The molecule has 0 spiro atoms. The van der Waals surface area contributed by atoms with Gasteiger partial charge in [-0.3, -0.25) is 14.2 Å². The van der Waals surface area contributed by atoms with E-state index in [0.29, 0.717) is 0 Å². The number of para-hydroxylation sites is 1. The Morgan fingerprint density at radius 2 is 1.81 bits per heavy atom. The Hall–Kier alpha value is -2.93. The van der Waals surface area contributed by atoms with Gasteiger partial charge in [0, 0.05) is 42.6 Å². The second kappa shape index (κ2) is 8.18. The molecule has 136 valence electrons. The summed E-state index contributed by atoms with van der Waals surface area (Å²) in [6.07, 6.45) is 9.62. The summed E-state index contributed by atoms with van der Waals surface area (Å²) < 4.78 is 3.96. The molecule has 6 nitrogen and oxygen atoms in total. The lowest BCUT2D eigenvalue weighted by atomic mass is 10.2. The van der Waals surface area contributed by atoms with Crippen molar-refractivity contribution in [2.75, 3.05) is 5.75 Å². The lowest BCUT2D eigenvalue weighted by Gasteiger charge is -2.10. The minimum atomic E-state index is 0.832. The molecule has 0 aliphatic rings. The highest BCUT2D eigenvalue weighted by Crippen LogP contribution is 2.28. The molecule has 4 aromatic rings. The van der Waals surface area contributed by atoms with Crippen molar-refractivity contribution in [2.24, 2.45) is 7.05 Å². The zero-order valence-corrected chi connectivity index (χ0v) is 15.9. The van der Waals surface area contributed by atoms with Gasteiger partial charge in [0.25, 0.3) is 0 Å². The fraction of sp³-hybridized carbons (Fsp3) is 0.200. The van der Waals surface area contributed by atoms with Crippen molar-refractivity contribution in [3.63, 3.8) is 0 Å². The maximum atomic E-state index is 4.46. The van der Waals surface area contributed by atoms with E-state index in [1.165, 1.54) is 5.56 Å². The summed E-state index contributed by atoms with van der Waals surface area (Å²) in [4.78, 5) is 4.10. The zero-order valence-electron chi connectivity index (χ0n) is 15.1. The van der Waals surface area contributed by atoms with E-state index < -0.39 is 0 Å². The minimum absolute atomic E-state index is 0.832. The number of nitrogens with zero attached hydrogens (tertiary/aromatic N) is 6. The smallest absolute Gasteiger partial charge is 0.196 e. The third kappa shape index (κ3) is 4.09. The van der Waals surface area contributed by atoms with E-state index in [1.807, 2.05) is 48.3 Å². The van der Waals surface area contributed by atoms with Crippen LogP contribution in [-0.4, -0.2) is 35.3 Å². The Balaban J connectivity index is 1.54. The van der Waals surface area contributed by atoms with E-state index >= 15 is 0 Å². The van der Waals surface area contributed by atoms with Crippen molar-refractivity contribution >= 4 is 11.8 Å². The molecular formula is C20H20N6S. The third-order valence-electron chi connectivity index (χ3n) is 4.19. The highest BCUT2D eigenvalue weighted by Gasteiger charge is 2.15. The summed E-state index contributed by atoms with van der Waals surface area (Å²) in [5.74, 6) is 1.80. The van der Waals surface area contributed by atoms with Crippen molar-refractivity contribution in [1.29, 1.82) is 0 Å². The van der Waals surface area contributed by atoms with Crippen LogP contribution in [0.25, 0.3) is 17.1 Å². The molecule has 0 aliphatic heterocycles. The van der Waals surface area contributed by atoms with Crippen molar-refractivity contribution in [1.82, 2.24) is 29.5 Å². The van der Waals surface area contributed by atoms with Crippen LogP contribution in [0.5, 0.6) is 0 Å². The molecule has 0 N–H and O–H groups in total. The molecule has 3 aromatic heterocycles. The monoisotopic (exact) mass is 376 g/mol. The van der Waals surface area contributed by atoms with E-state index in [-0.39, 0.29) is 0 Å². The first-order valence-electron chi connectivity index (χ1n) is 8.83. The summed E-state index contributed by atoms with van der Waals surface area (Å²) in [7, 11) is 1.95. The number of aromatic nitrogens is 6. The number of pyridine rings is 1. The maximum absolute atomic E-state index is 4.46. The molecule has 0 radical (unpaired) electrons. The number of aryl methyl sites for hydroxylation is 2. The topological polar surface area (TPSA) is 61.4 Å². The summed E-state index contributed by atoms with van der Waals surface area (Å²) in [5.41, 5.74) is 3.33. The number of benzene rings is 1. The predicted molar refractivity (Wildman–Crippen MR) is 107 cm³/mol. The van der Waals surface area contributed by atoms with E-state index in [9.17, 15) is 0 Å². The fourth-order valence-electron chi connectivity index (χ4n) is 2.90. The first kappa shape index (κ1) is 17.5. The molecule has 0 aliphatic carbocycles. The quantitative estimate of drug-likeness (QED) is 0.363. The number of rotatable bonds is 7. The number of hydrogen-bond acceptors (Lipinski definition) is 5. The van der Waals surface area contributed by atoms with Crippen LogP contribution in [0.4, 0.5) is 0 Å². The van der Waals surface area contributed by atoms with Crippen LogP contribution in [0.1, 0.15) is 12.0 Å². The van der Waals surface area contributed by atoms with Crippen LogP contribution in [0.3, 0.4) is 0 Å². The van der Waals surface area contributed by atoms with Crippen LogP contribution in [0, 0.1) is 0 Å². The van der Waals surface area contributed by atoms with Gasteiger partial charge in [0.1, 0.15) is 0 Å². The van der Waals surface area contributed by atoms with Gasteiger partial charge in [-0.2, -0.15) is 5.10 Å². The van der Waals surface area contributed by atoms with Gasteiger partial charge in [0.2, 0.25) is 0 Å². The molecule has 0 saturated carbocycles. The van der Waals surface area contributed by atoms with Crippen LogP contribution < -0.4 is 0 Å². The average Bonchev–Trinajstić information content (AvgIpc) is 3.33. The van der Waals surface area contributed by atoms with Crippen LogP contribution in [0.2, 0.25) is 0 Å². The Morgan fingerprint density at radius 3 is 2.56 bits per heavy atom. The molecule has 3 heterocycles. The van der Waals surface area contributed by atoms with Gasteiger partial charge in [-0.25, -0.2) is 0 Å². The SMILES string of the molecule is Cn1cc(CCCSc2nnc(-c3ccncc3)n2-c2ccccc2)cn1. The fourth-order valence-corrected chi connectivity index (χ4v) is 3.79. The van der Waals surface area contributed by atoms with E-state index in [2.05, 4.69) is 43.2 Å². The van der Waals surface area contributed by atoms with Crippen LogP contribution >= 0.6 is 11.8 Å². The number of thioether (sulfide) groups is 1.